The summed E-state index contributed by atoms with van der Waals surface area (Å²) in [6, 6.07) is 13.4. The molecule has 2 aromatic carbocycles. The topological polar surface area (TPSA) is 66.9 Å². The van der Waals surface area contributed by atoms with Crippen molar-refractivity contribution in [3.8, 4) is 0 Å². The van der Waals surface area contributed by atoms with E-state index in [2.05, 4.69) is 15.9 Å². The van der Waals surface area contributed by atoms with Crippen molar-refractivity contribution in [2.24, 2.45) is 0 Å². The molecule has 0 aliphatic carbocycles. The number of thiocarbonyl (C=S) groups is 1. The molecule has 4 rings (SSSR count). The summed E-state index contributed by atoms with van der Waals surface area (Å²) in [6.45, 7) is 4.49. The Bertz CT molecular complexity index is 1180. The molecule has 9 heteroatoms. The molecular formula is C24H21BrN2O4S2. The van der Waals surface area contributed by atoms with Gasteiger partial charge in [0.25, 0.3) is 11.8 Å². The quantitative estimate of drug-likeness (QED) is 0.287. The number of amides is 2. The van der Waals surface area contributed by atoms with E-state index in [1.165, 1.54) is 4.90 Å². The molecule has 1 atom stereocenters. The van der Waals surface area contributed by atoms with E-state index in [9.17, 15) is 14.4 Å². The van der Waals surface area contributed by atoms with Gasteiger partial charge in [0.1, 0.15) is 4.32 Å². The maximum Gasteiger partial charge on any atom is 0.333 e. The first-order chi connectivity index (χ1) is 15.9. The van der Waals surface area contributed by atoms with Crippen LogP contribution in [0.15, 0.2) is 57.9 Å². The average molecular weight is 545 g/mol. The second-order valence-electron chi connectivity index (χ2n) is 7.44. The lowest BCUT2D eigenvalue weighted by Gasteiger charge is -2.25. The fourth-order valence-corrected chi connectivity index (χ4v) is 5.64. The number of ether oxygens (including phenoxy) is 1. The third kappa shape index (κ3) is 4.25. The number of carbonyl (C=O) groups is 3. The Hall–Kier alpha value is -2.49. The molecule has 1 unspecified atom stereocenters. The highest BCUT2D eigenvalue weighted by Crippen LogP contribution is 2.47. The summed E-state index contributed by atoms with van der Waals surface area (Å²) in [5.41, 5.74) is 2.31. The molecule has 2 aliphatic rings. The number of rotatable bonds is 6. The van der Waals surface area contributed by atoms with Crippen molar-refractivity contribution < 1.29 is 19.1 Å². The van der Waals surface area contributed by atoms with Crippen LogP contribution in [0.3, 0.4) is 0 Å². The molecule has 2 aromatic rings. The maximum atomic E-state index is 13.7. The average Bonchev–Trinajstić information content (AvgIpc) is 3.24. The number of likely N-dealkylation sites (N-methyl/N-ethyl adjacent to an activating group) is 1. The Morgan fingerprint density at radius 1 is 1.12 bits per heavy atom. The van der Waals surface area contributed by atoms with Crippen molar-refractivity contribution in [3.63, 3.8) is 0 Å². The lowest BCUT2D eigenvalue weighted by atomic mass is 10.0. The molecule has 0 aromatic heterocycles. The second kappa shape index (κ2) is 9.79. The maximum absolute atomic E-state index is 13.7. The zero-order valence-electron chi connectivity index (χ0n) is 18.0. The van der Waals surface area contributed by atoms with Crippen LogP contribution in [-0.4, -0.2) is 40.2 Å². The number of hydrogen-bond acceptors (Lipinski definition) is 6. The first kappa shape index (κ1) is 23.7. The van der Waals surface area contributed by atoms with Gasteiger partial charge in [0, 0.05) is 16.6 Å². The van der Waals surface area contributed by atoms with E-state index in [0.717, 1.165) is 21.9 Å². The van der Waals surface area contributed by atoms with Crippen LogP contribution in [0.5, 0.6) is 0 Å². The molecule has 1 fully saturated rings. The van der Waals surface area contributed by atoms with E-state index in [4.69, 9.17) is 17.0 Å². The van der Waals surface area contributed by atoms with Crippen LogP contribution < -0.4 is 4.90 Å². The number of nitrogens with zero attached hydrogens (tertiary/aromatic N) is 2. The minimum Gasteiger partial charge on any atom is -0.464 e. The fraction of sp³-hybridized carbons (Fsp3) is 0.250. The SMILES string of the molecule is CCCOC(=O)C(c1ccccc1)N1C(=O)/C(=C2/C(=O)N(CC)c3ccc(Br)cc32)SC1=S. The highest BCUT2D eigenvalue weighted by atomic mass is 79.9. The summed E-state index contributed by atoms with van der Waals surface area (Å²) >= 11 is 10.1. The Morgan fingerprint density at radius 3 is 2.52 bits per heavy atom. The van der Waals surface area contributed by atoms with Crippen LogP contribution in [0.25, 0.3) is 5.57 Å². The van der Waals surface area contributed by atoms with E-state index in [-0.39, 0.29) is 21.7 Å². The number of benzene rings is 2. The van der Waals surface area contributed by atoms with Gasteiger partial charge in [-0.05, 0) is 37.1 Å². The second-order valence-corrected chi connectivity index (χ2v) is 10.00. The van der Waals surface area contributed by atoms with Crippen molar-refractivity contribution in [2.75, 3.05) is 18.1 Å². The molecule has 0 bridgehead atoms. The Kier molecular flexibility index (Phi) is 7.02. The highest BCUT2D eigenvalue weighted by Gasteiger charge is 2.46. The monoisotopic (exact) mass is 544 g/mol. The number of hydrogen-bond donors (Lipinski definition) is 0. The van der Waals surface area contributed by atoms with Gasteiger partial charge in [-0.3, -0.25) is 14.5 Å². The molecular weight excluding hydrogens is 524 g/mol. The zero-order valence-corrected chi connectivity index (χ0v) is 21.3. The lowest BCUT2D eigenvalue weighted by Crippen LogP contribution is -2.38. The first-order valence-electron chi connectivity index (χ1n) is 10.5. The van der Waals surface area contributed by atoms with Crippen LogP contribution in [-0.2, 0) is 19.1 Å². The molecule has 2 heterocycles. The predicted octanol–water partition coefficient (Wildman–Crippen LogP) is 5.08. The fourth-order valence-electron chi connectivity index (χ4n) is 3.90. The Balaban J connectivity index is 1.81. The molecule has 33 heavy (non-hydrogen) atoms. The smallest absolute Gasteiger partial charge is 0.333 e. The molecule has 1 saturated heterocycles. The number of carbonyl (C=O) groups excluding carboxylic acids is 3. The summed E-state index contributed by atoms with van der Waals surface area (Å²) < 4.78 is 6.41. The molecule has 6 nitrogen and oxygen atoms in total. The van der Waals surface area contributed by atoms with Crippen LogP contribution >= 0.6 is 39.9 Å². The van der Waals surface area contributed by atoms with Crippen molar-refractivity contribution in [1.82, 2.24) is 4.90 Å². The van der Waals surface area contributed by atoms with E-state index in [1.54, 1.807) is 29.2 Å². The highest BCUT2D eigenvalue weighted by molar-refractivity contribution is 9.10. The normalized spacial score (nSPS) is 18.7. The van der Waals surface area contributed by atoms with Crippen LogP contribution in [0.2, 0.25) is 0 Å². The number of anilines is 1. The summed E-state index contributed by atoms with van der Waals surface area (Å²) in [4.78, 5) is 43.2. The standard InChI is InChI=1S/C24H21BrN2O4S2/c1-3-12-31-23(30)19(14-8-6-5-7-9-14)27-22(29)20(33-24(27)32)18-16-13-15(25)10-11-17(16)26(4-2)21(18)28/h5-11,13,19H,3-4,12H2,1-2H3/b20-18-. The number of esters is 1. The molecule has 0 saturated carbocycles. The molecule has 2 aliphatic heterocycles. The van der Waals surface area contributed by atoms with Gasteiger partial charge in [-0.1, -0.05) is 77.2 Å². The van der Waals surface area contributed by atoms with Gasteiger partial charge >= 0.3 is 5.97 Å². The Morgan fingerprint density at radius 2 is 1.85 bits per heavy atom. The van der Waals surface area contributed by atoms with E-state index in [1.807, 2.05) is 38.1 Å². The van der Waals surface area contributed by atoms with Crippen LogP contribution in [0, 0.1) is 0 Å². The van der Waals surface area contributed by atoms with E-state index < -0.39 is 17.9 Å². The largest absolute Gasteiger partial charge is 0.464 e. The molecule has 0 radical (unpaired) electrons. The predicted molar refractivity (Wildman–Crippen MR) is 137 cm³/mol. The van der Waals surface area contributed by atoms with Gasteiger partial charge in [0.05, 0.1) is 22.8 Å². The number of thioether (sulfide) groups is 1. The van der Waals surface area contributed by atoms with Gasteiger partial charge in [0.15, 0.2) is 6.04 Å². The number of halogens is 1. The van der Waals surface area contributed by atoms with Crippen molar-refractivity contribution in [2.45, 2.75) is 26.3 Å². The third-order valence-corrected chi connectivity index (χ3v) is 7.26. The van der Waals surface area contributed by atoms with Crippen LogP contribution in [0.1, 0.15) is 37.4 Å². The summed E-state index contributed by atoms with van der Waals surface area (Å²) in [7, 11) is 0. The zero-order chi connectivity index (χ0) is 23.7. The van der Waals surface area contributed by atoms with Gasteiger partial charge < -0.3 is 9.64 Å². The van der Waals surface area contributed by atoms with Gasteiger partial charge in [0.2, 0.25) is 0 Å². The summed E-state index contributed by atoms with van der Waals surface area (Å²) in [5.74, 6) is -1.28. The van der Waals surface area contributed by atoms with Crippen molar-refractivity contribution >= 4 is 73.3 Å². The molecule has 0 spiro atoms. The summed E-state index contributed by atoms with van der Waals surface area (Å²) in [5, 5.41) is 0. The number of fused-ring (bicyclic) bond motifs is 1. The van der Waals surface area contributed by atoms with E-state index >= 15 is 0 Å². The molecule has 170 valence electrons. The molecule has 2 amide bonds. The van der Waals surface area contributed by atoms with Gasteiger partial charge in [-0.2, -0.15) is 0 Å². The summed E-state index contributed by atoms with van der Waals surface area (Å²) in [6.07, 6.45) is 0.655. The molecule has 0 N–H and O–H groups in total. The first-order valence-corrected chi connectivity index (χ1v) is 12.5. The van der Waals surface area contributed by atoms with E-state index in [0.29, 0.717) is 29.7 Å². The third-order valence-electron chi connectivity index (χ3n) is 5.37. The lowest BCUT2D eigenvalue weighted by molar-refractivity contribution is -0.151. The van der Waals surface area contributed by atoms with Crippen molar-refractivity contribution in [3.05, 3.63) is 69.0 Å². The van der Waals surface area contributed by atoms with Gasteiger partial charge in [-0.25, -0.2) is 4.79 Å². The van der Waals surface area contributed by atoms with Gasteiger partial charge in [-0.15, -0.1) is 0 Å². The van der Waals surface area contributed by atoms with Crippen molar-refractivity contribution in [1.29, 1.82) is 0 Å². The Labute approximate surface area is 210 Å². The van der Waals surface area contributed by atoms with Crippen LogP contribution in [0.4, 0.5) is 5.69 Å². The minimum atomic E-state index is -1.02. The minimum absolute atomic E-state index is 0.212.